The zero-order chi connectivity index (χ0) is 20.0. The summed E-state index contributed by atoms with van der Waals surface area (Å²) in [5, 5.41) is 10.3. The van der Waals surface area contributed by atoms with E-state index in [4.69, 9.17) is 11.3 Å². The number of carbonyl (C=O) groups excluding carboxylic acids is 1. The zero-order valence-corrected chi connectivity index (χ0v) is 17.1. The molecule has 0 radical (unpaired) electrons. The van der Waals surface area contributed by atoms with Crippen molar-refractivity contribution < 1.29 is 14.6 Å². The number of rotatable bonds is 7. The lowest BCUT2D eigenvalue weighted by atomic mass is 10.2. The maximum atomic E-state index is 12.2. The van der Waals surface area contributed by atoms with E-state index in [0.29, 0.717) is 6.54 Å². The molecule has 0 saturated carbocycles. The Kier molecular flexibility index (Phi) is 7.00. The molecule has 0 aliphatic heterocycles. The minimum absolute atomic E-state index is 0.0235. The Morgan fingerprint density at radius 3 is 2.67 bits per heavy atom. The van der Waals surface area contributed by atoms with Gasteiger partial charge in [-0.25, -0.2) is 4.85 Å². The van der Waals surface area contributed by atoms with Gasteiger partial charge in [0.1, 0.15) is 5.60 Å². The van der Waals surface area contributed by atoms with Gasteiger partial charge in [0, 0.05) is 28.4 Å². The molecule has 0 unspecified atom stereocenters. The van der Waals surface area contributed by atoms with Gasteiger partial charge in [-0.2, -0.15) is 0 Å². The van der Waals surface area contributed by atoms with Crippen molar-refractivity contribution in [2.24, 2.45) is 0 Å². The van der Waals surface area contributed by atoms with E-state index in [1.165, 1.54) is 11.3 Å². The second-order valence-electron chi connectivity index (χ2n) is 7.22. The van der Waals surface area contributed by atoms with Crippen LogP contribution in [-0.2, 0) is 9.53 Å². The molecule has 1 heterocycles. The molecule has 27 heavy (non-hydrogen) atoms. The zero-order valence-electron chi connectivity index (χ0n) is 16.3. The first-order valence-electron chi connectivity index (χ1n) is 8.99. The van der Waals surface area contributed by atoms with Gasteiger partial charge in [0.15, 0.2) is 0 Å². The predicted octanol–water partition coefficient (Wildman–Crippen LogP) is 4.71. The van der Waals surface area contributed by atoms with Gasteiger partial charge < -0.3 is 14.7 Å². The third-order valence-electron chi connectivity index (χ3n) is 3.76. The molecular formula is C21H26N2O3S. The summed E-state index contributed by atoms with van der Waals surface area (Å²) in [6.45, 7) is 16.3. The van der Waals surface area contributed by atoms with E-state index < -0.39 is 11.6 Å². The van der Waals surface area contributed by atoms with Gasteiger partial charge in [0.05, 0.1) is 13.2 Å². The van der Waals surface area contributed by atoms with Crippen molar-refractivity contribution in [3.63, 3.8) is 0 Å². The molecule has 144 valence electrons. The van der Waals surface area contributed by atoms with Crippen LogP contribution in [0.1, 0.15) is 39.0 Å². The molecule has 5 nitrogen and oxygen atoms in total. The summed E-state index contributed by atoms with van der Waals surface area (Å²) < 4.78 is 6.37. The summed E-state index contributed by atoms with van der Waals surface area (Å²) >= 11 is 1.53. The van der Waals surface area contributed by atoms with Crippen molar-refractivity contribution in [2.45, 2.75) is 39.7 Å². The van der Waals surface area contributed by atoms with Crippen LogP contribution in [0.2, 0.25) is 0 Å². The molecule has 0 fully saturated rings. The number of fused-ring (bicyclic) bond motifs is 1. The van der Waals surface area contributed by atoms with Crippen molar-refractivity contribution >= 4 is 39.2 Å². The summed E-state index contributed by atoms with van der Waals surface area (Å²) in [7, 11) is 0. The van der Waals surface area contributed by atoms with E-state index in [-0.39, 0.29) is 12.3 Å². The van der Waals surface area contributed by atoms with Crippen LogP contribution in [0.25, 0.3) is 21.0 Å². The summed E-state index contributed by atoms with van der Waals surface area (Å²) in [5.74, 6) is -0.604. The monoisotopic (exact) mass is 386 g/mol. The van der Waals surface area contributed by atoms with Crippen molar-refractivity contribution in [2.75, 3.05) is 24.6 Å². The van der Waals surface area contributed by atoms with Crippen molar-refractivity contribution in [3.05, 3.63) is 46.3 Å². The maximum absolute atomic E-state index is 12.2. The van der Waals surface area contributed by atoms with Crippen molar-refractivity contribution in [3.8, 4) is 0 Å². The first-order valence-corrected chi connectivity index (χ1v) is 9.81. The Bertz CT molecular complexity index is 866. The lowest BCUT2D eigenvalue weighted by Gasteiger charge is -2.23. The van der Waals surface area contributed by atoms with E-state index in [1.807, 2.05) is 18.2 Å². The lowest BCUT2D eigenvalue weighted by molar-refractivity contribution is -0.149. The number of hydrogen-bond donors (Lipinski definition) is 1. The number of nitrogens with zero attached hydrogens (tertiary/aromatic N) is 2. The fourth-order valence-corrected chi connectivity index (χ4v) is 3.71. The van der Waals surface area contributed by atoms with Gasteiger partial charge in [-0.3, -0.25) is 4.79 Å². The van der Waals surface area contributed by atoms with Crippen molar-refractivity contribution in [1.82, 2.24) is 0 Å². The first kappa shape index (κ1) is 20.9. The van der Waals surface area contributed by atoms with E-state index >= 15 is 0 Å². The second-order valence-corrected chi connectivity index (χ2v) is 8.34. The Morgan fingerprint density at radius 1 is 1.33 bits per heavy atom. The van der Waals surface area contributed by atoms with Gasteiger partial charge >= 0.3 is 5.97 Å². The van der Waals surface area contributed by atoms with Crippen LogP contribution in [0, 0.1) is 6.57 Å². The fourth-order valence-electron chi connectivity index (χ4n) is 2.67. The predicted molar refractivity (Wildman–Crippen MR) is 112 cm³/mol. The lowest BCUT2D eigenvalue weighted by Crippen LogP contribution is -2.27. The highest BCUT2D eigenvalue weighted by atomic mass is 32.1. The van der Waals surface area contributed by atoms with E-state index in [2.05, 4.69) is 22.7 Å². The van der Waals surface area contributed by atoms with Gasteiger partial charge in [0.25, 0.3) is 5.70 Å². The molecule has 1 aromatic carbocycles. The molecule has 6 heteroatoms. The number of aliphatic hydroxyl groups is 1. The maximum Gasteiger partial charge on any atom is 0.336 e. The van der Waals surface area contributed by atoms with Gasteiger partial charge in [-0.15, -0.1) is 11.3 Å². The summed E-state index contributed by atoms with van der Waals surface area (Å²) in [6, 6.07) is 8.13. The molecule has 0 aliphatic rings. The molecule has 2 aromatic rings. The van der Waals surface area contributed by atoms with Crippen LogP contribution in [0.5, 0.6) is 0 Å². The molecular weight excluding hydrogens is 360 g/mol. The molecule has 1 N–H and O–H groups in total. The van der Waals surface area contributed by atoms with E-state index in [9.17, 15) is 9.90 Å². The first-order chi connectivity index (χ1) is 12.8. The third kappa shape index (κ3) is 5.81. The van der Waals surface area contributed by atoms with Crippen LogP contribution in [0.15, 0.2) is 30.0 Å². The molecule has 0 spiro atoms. The highest BCUT2D eigenvalue weighted by Gasteiger charge is 2.20. The third-order valence-corrected chi connectivity index (χ3v) is 4.80. The molecule has 0 atom stereocenters. The standard InChI is InChI=1S/C21H26N2O3S/c1-6-9-23(10-11-24)16-8-7-15-12-17(27-19(15)13-16)14-18(22-5)20(25)26-21(2,3)4/h7-8,12-14,24H,6,9-11H2,1-4H3/b18-14-. The Balaban J connectivity index is 2.32. The van der Waals surface area contributed by atoms with Crippen LogP contribution in [0.4, 0.5) is 5.69 Å². The minimum atomic E-state index is -0.634. The highest BCUT2D eigenvalue weighted by Crippen LogP contribution is 2.31. The van der Waals surface area contributed by atoms with Gasteiger partial charge in [0.2, 0.25) is 0 Å². The fraction of sp³-hybridized carbons (Fsp3) is 0.429. The molecule has 2 rings (SSSR count). The number of thiophene rings is 1. The van der Waals surface area contributed by atoms with E-state index in [1.54, 1.807) is 26.8 Å². The normalized spacial score (nSPS) is 12.1. The van der Waals surface area contributed by atoms with Crippen molar-refractivity contribution in [1.29, 1.82) is 0 Å². The average Bonchev–Trinajstić information content (AvgIpc) is 2.99. The summed E-state index contributed by atoms with van der Waals surface area (Å²) in [4.78, 5) is 18.5. The number of anilines is 1. The number of hydrogen-bond acceptors (Lipinski definition) is 5. The van der Waals surface area contributed by atoms with Crippen LogP contribution >= 0.6 is 11.3 Å². The topological polar surface area (TPSA) is 54.1 Å². The number of carbonyl (C=O) groups is 1. The number of ether oxygens (including phenoxy) is 1. The average molecular weight is 387 g/mol. The minimum Gasteiger partial charge on any atom is -0.465 e. The van der Waals surface area contributed by atoms with Crippen LogP contribution in [0.3, 0.4) is 0 Å². The Morgan fingerprint density at radius 2 is 2.07 bits per heavy atom. The molecule has 0 aliphatic carbocycles. The van der Waals surface area contributed by atoms with Gasteiger partial charge in [-0.05, 0) is 56.9 Å². The summed E-state index contributed by atoms with van der Waals surface area (Å²) in [6.07, 6.45) is 2.59. The largest absolute Gasteiger partial charge is 0.465 e. The number of aliphatic hydroxyl groups excluding tert-OH is 1. The smallest absolute Gasteiger partial charge is 0.336 e. The molecule has 0 amide bonds. The number of esters is 1. The Hall–Kier alpha value is -2.36. The second kappa shape index (κ2) is 9.03. The molecule has 0 bridgehead atoms. The number of benzene rings is 1. The van der Waals surface area contributed by atoms with Crippen LogP contribution in [-0.4, -0.2) is 36.4 Å². The van der Waals surface area contributed by atoms with Crippen LogP contribution < -0.4 is 4.90 Å². The molecule has 0 saturated heterocycles. The summed E-state index contributed by atoms with van der Waals surface area (Å²) in [5.41, 5.74) is 0.406. The Labute approximate surface area is 164 Å². The molecule has 1 aromatic heterocycles. The van der Waals surface area contributed by atoms with Gasteiger partial charge in [-0.1, -0.05) is 13.0 Å². The van der Waals surface area contributed by atoms with E-state index in [0.717, 1.165) is 33.6 Å². The highest BCUT2D eigenvalue weighted by molar-refractivity contribution is 7.19. The SMILES string of the molecule is [C-]#[N+]/C(=C\c1cc2ccc(N(CCC)CCO)cc2s1)C(=O)OC(C)(C)C. The quantitative estimate of drug-likeness (QED) is 0.425.